The fourth-order valence-electron chi connectivity index (χ4n) is 1.70. The highest BCUT2D eigenvalue weighted by Crippen LogP contribution is 2.17. The minimum Gasteiger partial charge on any atom is -0.352 e. The molecule has 0 unspecified atom stereocenters. The Hall–Kier alpha value is -0.570. The van der Waals surface area contributed by atoms with Crippen LogP contribution in [0.5, 0.6) is 0 Å². The Labute approximate surface area is 80.3 Å². The van der Waals surface area contributed by atoms with Crippen LogP contribution < -0.4 is 10.6 Å². The predicted molar refractivity (Wildman–Crippen MR) is 53.5 cm³/mol. The fraction of sp³-hybridized carbons (Fsp3) is 0.900. The van der Waals surface area contributed by atoms with Crippen LogP contribution in [-0.4, -0.2) is 25.0 Å². The molecule has 0 saturated heterocycles. The Bertz CT molecular complexity index is 164. The molecular weight excluding hydrogens is 164 g/mol. The molecule has 13 heavy (non-hydrogen) atoms. The summed E-state index contributed by atoms with van der Waals surface area (Å²) in [7, 11) is 1.81. The number of nitrogens with one attached hydrogen (secondary N) is 2. The van der Waals surface area contributed by atoms with Gasteiger partial charge in [0.15, 0.2) is 0 Å². The molecule has 3 nitrogen and oxygen atoms in total. The van der Waals surface area contributed by atoms with E-state index in [2.05, 4.69) is 10.6 Å². The van der Waals surface area contributed by atoms with Crippen LogP contribution >= 0.6 is 0 Å². The summed E-state index contributed by atoms with van der Waals surface area (Å²) in [5.41, 5.74) is 0. The summed E-state index contributed by atoms with van der Waals surface area (Å²) in [5.74, 6) is 0.134. The van der Waals surface area contributed by atoms with Crippen molar-refractivity contribution < 1.29 is 4.79 Å². The predicted octanol–water partition coefficient (Wildman–Crippen LogP) is 1.04. The van der Waals surface area contributed by atoms with Gasteiger partial charge in [-0.05, 0) is 26.8 Å². The molecule has 0 aromatic heterocycles. The molecule has 1 aliphatic rings. The van der Waals surface area contributed by atoms with E-state index in [1.165, 1.54) is 19.3 Å². The van der Waals surface area contributed by atoms with Gasteiger partial charge in [0.2, 0.25) is 5.91 Å². The molecule has 1 fully saturated rings. The average molecular weight is 184 g/mol. The number of hydrogen-bond acceptors (Lipinski definition) is 2. The molecule has 0 aromatic carbocycles. The first-order valence-electron chi connectivity index (χ1n) is 5.21. The van der Waals surface area contributed by atoms with Crippen LogP contribution in [0.25, 0.3) is 0 Å². The molecule has 76 valence electrons. The van der Waals surface area contributed by atoms with Gasteiger partial charge in [0.1, 0.15) is 0 Å². The maximum Gasteiger partial charge on any atom is 0.237 e. The fourth-order valence-corrected chi connectivity index (χ4v) is 1.70. The first kappa shape index (κ1) is 10.5. The lowest BCUT2D eigenvalue weighted by atomic mass is 9.95. The van der Waals surface area contributed by atoms with Gasteiger partial charge in [-0.25, -0.2) is 0 Å². The lowest BCUT2D eigenvalue weighted by Crippen LogP contribution is -2.45. The molecule has 3 heteroatoms. The van der Waals surface area contributed by atoms with E-state index in [1.54, 1.807) is 0 Å². The number of carbonyl (C=O) groups excluding carboxylic acids is 1. The third-order valence-electron chi connectivity index (χ3n) is 2.78. The van der Waals surface area contributed by atoms with Gasteiger partial charge in [-0.2, -0.15) is 0 Å². The molecule has 0 spiro atoms. The van der Waals surface area contributed by atoms with Crippen molar-refractivity contribution in [3.8, 4) is 0 Å². The number of rotatable bonds is 3. The second-order valence-electron chi connectivity index (χ2n) is 3.85. The molecule has 0 bridgehead atoms. The van der Waals surface area contributed by atoms with Crippen LogP contribution in [0.3, 0.4) is 0 Å². The molecule has 1 amide bonds. The number of likely N-dealkylation sites (N-methyl/N-ethyl adjacent to an activating group) is 1. The molecule has 1 atom stereocenters. The van der Waals surface area contributed by atoms with E-state index in [9.17, 15) is 4.79 Å². The maximum atomic E-state index is 11.5. The summed E-state index contributed by atoms with van der Waals surface area (Å²) in [4.78, 5) is 11.5. The average Bonchev–Trinajstić information content (AvgIpc) is 2.18. The molecule has 1 rings (SSSR count). The lowest BCUT2D eigenvalue weighted by molar-refractivity contribution is -0.123. The summed E-state index contributed by atoms with van der Waals surface area (Å²) in [6, 6.07) is 0.360. The summed E-state index contributed by atoms with van der Waals surface area (Å²) in [6.45, 7) is 1.89. The molecule has 1 saturated carbocycles. The molecule has 0 aliphatic heterocycles. The number of hydrogen-bond donors (Lipinski definition) is 2. The van der Waals surface area contributed by atoms with E-state index < -0.39 is 0 Å². The number of carbonyl (C=O) groups is 1. The van der Waals surface area contributed by atoms with Crippen molar-refractivity contribution in [1.82, 2.24) is 10.6 Å². The van der Waals surface area contributed by atoms with Gasteiger partial charge < -0.3 is 10.6 Å². The lowest BCUT2D eigenvalue weighted by Gasteiger charge is -2.24. The van der Waals surface area contributed by atoms with Crippen molar-refractivity contribution in [1.29, 1.82) is 0 Å². The van der Waals surface area contributed by atoms with E-state index in [1.807, 2.05) is 14.0 Å². The van der Waals surface area contributed by atoms with Crippen LogP contribution in [0.1, 0.15) is 39.0 Å². The molecule has 1 aliphatic carbocycles. The zero-order chi connectivity index (χ0) is 9.68. The molecular formula is C10H20N2O. The first-order chi connectivity index (χ1) is 6.24. The number of amides is 1. The monoisotopic (exact) mass is 184 g/mol. The van der Waals surface area contributed by atoms with Gasteiger partial charge in [0.25, 0.3) is 0 Å². The van der Waals surface area contributed by atoms with Gasteiger partial charge in [-0.15, -0.1) is 0 Å². The van der Waals surface area contributed by atoms with E-state index in [-0.39, 0.29) is 11.9 Å². The standard InChI is InChI=1S/C10H20N2O/c1-8(11-2)10(13)12-9-6-4-3-5-7-9/h8-9,11H,3-7H2,1-2H3,(H,12,13)/t8-/m0/s1. The second kappa shape index (κ2) is 5.22. The van der Waals surface area contributed by atoms with Crippen LogP contribution in [0.4, 0.5) is 0 Å². The normalized spacial score (nSPS) is 21.1. The van der Waals surface area contributed by atoms with E-state index in [0.29, 0.717) is 6.04 Å². The molecule has 0 heterocycles. The largest absolute Gasteiger partial charge is 0.352 e. The Balaban J connectivity index is 2.26. The van der Waals surface area contributed by atoms with Gasteiger partial charge in [0.05, 0.1) is 6.04 Å². The van der Waals surface area contributed by atoms with Gasteiger partial charge >= 0.3 is 0 Å². The highest BCUT2D eigenvalue weighted by Gasteiger charge is 2.17. The molecule has 0 aromatic rings. The molecule has 0 radical (unpaired) electrons. The van der Waals surface area contributed by atoms with Crippen molar-refractivity contribution in [2.24, 2.45) is 0 Å². The van der Waals surface area contributed by atoms with Crippen LogP contribution in [0.15, 0.2) is 0 Å². The van der Waals surface area contributed by atoms with Crippen LogP contribution in [0.2, 0.25) is 0 Å². The van der Waals surface area contributed by atoms with Crippen molar-refractivity contribution >= 4 is 5.91 Å². The highest BCUT2D eigenvalue weighted by atomic mass is 16.2. The quantitative estimate of drug-likeness (QED) is 0.688. The third kappa shape index (κ3) is 3.35. The summed E-state index contributed by atoms with van der Waals surface area (Å²) in [6.07, 6.45) is 6.16. The zero-order valence-electron chi connectivity index (χ0n) is 8.60. The van der Waals surface area contributed by atoms with Crippen molar-refractivity contribution in [3.05, 3.63) is 0 Å². The zero-order valence-corrected chi connectivity index (χ0v) is 8.60. The van der Waals surface area contributed by atoms with E-state index in [0.717, 1.165) is 12.8 Å². The topological polar surface area (TPSA) is 41.1 Å². The van der Waals surface area contributed by atoms with Crippen molar-refractivity contribution in [2.45, 2.75) is 51.1 Å². The Kier molecular flexibility index (Phi) is 4.22. The van der Waals surface area contributed by atoms with E-state index >= 15 is 0 Å². The first-order valence-corrected chi connectivity index (χ1v) is 5.21. The van der Waals surface area contributed by atoms with Crippen molar-refractivity contribution in [2.75, 3.05) is 7.05 Å². The minimum absolute atomic E-state index is 0.0677. The SMILES string of the molecule is CN[C@@H](C)C(=O)NC1CCCCC1. The molecule has 2 N–H and O–H groups in total. The Morgan fingerprint density at radius 3 is 2.46 bits per heavy atom. The highest BCUT2D eigenvalue weighted by molar-refractivity contribution is 5.81. The minimum atomic E-state index is -0.0677. The van der Waals surface area contributed by atoms with Gasteiger partial charge in [-0.1, -0.05) is 19.3 Å². The Morgan fingerprint density at radius 1 is 1.31 bits per heavy atom. The third-order valence-corrected chi connectivity index (χ3v) is 2.78. The second-order valence-corrected chi connectivity index (χ2v) is 3.85. The van der Waals surface area contributed by atoms with Crippen LogP contribution in [-0.2, 0) is 4.79 Å². The van der Waals surface area contributed by atoms with E-state index in [4.69, 9.17) is 0 Å². The van der Waals surface area contributed by atoms with Gasteiger partial charge in [0, 0.05) is 6.04 Å². The summed E-state index contributed by atoms with van der Waals surface area (Å²) in [5, 5.41) is 6.01. The van der Waals surface area contributed by atoms with Crippen molar-refractivity contribution in [3.63, 3.8) is 0 Å². The van der Waals surface area contributed by atoms with Gasteiger partial charge in [-0.3, -0.25) is 4.79 Å². The summed E-state index contributed by atoms with van der Waals surface area (Å²) < 4.78 is 0. The smallest absolute Gasteiger partial charge is 0.237 e. The van der Waals surface area contributed by atoms with Crippen LogP contribution in [0, 0.1) is 0 Å². The summed E-state index contributed by atoms with van der Waals surface area (Å²) >= 11 is 0. The Morgan fingerprint density at radius 2 is 1.92 bits per heavy atom. The maximum absolute atomic E-state index is 11.5.